The third-order valence-electron chi connectivity index (χ3n) is 7.05. The third-order valence-corrected chi connectivity index (χ3v) is 8.06. The summed E-state index contributed by atoms with van der Waals surface area (Å²) in [5, 5.41) is 12.0. The van der Waals surface area contributed by atoms with Crippen molar-refractivity contribution in [2.24, 2.45) is 5.41 Å². The van der Waals surface area contributed by atoms with Crippen molar-refractivity contribution in [2.75, 3.05) is 29.6 Å². The van der Waals surface area contributed by atoms with Crippen molar-refractivity contribution in [3.05, 3.63) is 34.8 Å². The molecule has 4 N–H and O–H groups in total. The second-order valence-electron chi connectivity index (χ2n) is 10.3. The second kappa shape index (κ2) is 9.57. The molecule has 0 saturated heterocycles. The summed E-state index contributed by atoms with van der Waals surface area (Å²) in [6.45, 7) is 2.03. The highest BCUT2D eigenvalue weighted by Gasteiger charge is 2.34. The van der Waals surface area contributed by atoms with Gasteiger partial charge < -0.3 is 25.8 Å². The van der Waals surface area contributed by atoms with Gasteiger partial charge in [0.05, 0.1) is 5.56 Å². The van der Waals surface area contributed by atoms with Crippen molar-refractivity contribution in [1.82, 2.24) is 15.3 Å². The molecule has 1 aromatic carbocycles. The van der Waals surface area contributed by atoms with E-state index in [0.717, 1.165) is 43.7 Å². The minimum Gasteiger partial charge on any atom is -0.354 e. The number of anilines is 3. The van der Waals surface area contributed by atoms with Gasteiger partial charge in [-0.3, -0.25) is 14.4 Å². The highest BCUT2D eigenvalue weighted by atomic mass is 32.1. The van der Waals surface area contributed by atoms with Crippen LogP contribution < -0.4 is 20.9 Å². The van der Waals surface area contributed by atoms with Gasteiger partial charge in [0.2, 0.25) is 5.91 Å². The maximum Gasteiger partial charge on any atom is 0.276 e. The van der Waals surface area contributed by atoms with Gasteiger partial charge in [0.1, 0.15) is 11.5 Å². The highest BCUT2D eigenvalue weighted by molar-refractivity contribution is 7.13. The van der Waals surface area contributed by atoms with Crippen LogP contribution in [0.1, 0.15) is 72.7 Å². The van der Waals surface area contributed by atoms with Gasteiger partial charge in [-0.2, -0.15) is 0 Å². The van der Waals surface area contributed by atoms with E-state index in [1.165, 1.54) is 17.8 Å². The molecule has 5 rings (SSSR count). The van der Waals surface area contributed by atoms with E-state index in [-0.39, 0.29) is 29.0 Å². The lowest BCUT2D eigenvalue weighted by atomic mass is 9.75. The highest BCUT2D eigenvalue weighted by Crippen LogP contribution is 2.37. The number of amides is 3. The molecule has 2 fully saturated rings. The van der Waals surface area contributed by atoms with Crippen LogP contribution in [0.4, 0.5) is 16.6 Å². The van der Waals surface area contributed by atoms with Crippen molar-refractivity contribution in [1.29, 1.82) is 0 Å². The zero-order chi connectivity index (χ0) is 25.4. The number of aromatic amines is 1. The fourth-order valence-corrected chi connectivity index (χ4v) is 5.42. The lowest BCUT2D eigenvalue weighted by molar-refractivity contribution is -0.126. The average molecular weight is 509 g/mol. The Bertz CT molecular complexity index is 1320. The van der Waals surface area contributed by atoms with Gasteiger partial charge in [0, 0.05) is 47.5 Å². The van der Waals surface area contributed by atoms with Crippen LogP contribution in [-0.4, -0.2) is 47.8 Å². The maximum atomic E-state index is 13.1. The molecule has 2 aliphatic rings. The molecule has 0 spiro atoms. The quantitative estimate of drug-likeness (QED) is 0.367. The molecule has 10 heteroatoms. The van der Waals surface area contributed by atoms with Crippen molar-refractivity contribution in [3.63, 3.8) is 0 Å². The van der Waals surface area contributed by atoms with Gasteiger partial charge in [0.25, 0.3) is 11.8 Å². The summed E-state index contributed by atoms with van der Waals surface area (Å²) in [6.07, 6.45) is 6.99. The number of H-pyrrole nitrogens is 1. The summed E-state index contributed by atoms with van der Waals surface area (Å²) in [6, 6.07) is 5.61. The largest absolute Gasteiger partial charge is 0.354 e. The molecule has 2 aliphatic carbocycles. The third kappa shape index (κ3) is 4.95. The number of carbonyl (C=O) groups is 3. The van der Waals surface area contributed by atoms with Crippen LogP contribution in [0, 0.1) is 5.41 Å². The van der Waals surface area contributed by atoms with E-state index in [1.54, 1.807) is 5.38 Å². The number of thiazole rings is 1. The normalized spacial score (nSPS) is 17.0. The molecule has 0 bridgehead atoms. The first kappa shape index (κ1) is 24.3. The summed E-state index contributed by atoms with van der Waals surface area (Å²) in [5.41, 5.74) is 1.61. The first-order valence-electron chi connectivity index (χ1n) is 12.5. The average Bonchev–Trinajstić information content (AvgIpc) is 3.38. The summed E-state index contributed by atoms with van der Waals surface area (Å²) in [4.78, 5) is 48.5. The molecule has 0 aliphatic heterocycles. The SMILES string of the molecule is CN(C)c1nc(C(=O)Nc2[nH]c3cc(NC(=O)C4(C)CCCCC4)ccc3c2C(=O)NC2CC2)cs1. The van der Waals surface area contributed by atoms with Crippen molar-refractivity contribution in [3.8, 4) is 0 Å². The van der Waals surface area contributed by atoms with Crippen LogP contribution in [0.2, 0.25) is 0 Å². The number of benzene rings is 1. The first-order valence-corrected chi connectivity index (χ1v) is 13.3. The Balaban J connectivity index is 1.43. The fraction of sp³-hybridized carbons (Fsp3) is 0.462. The van der Waals surface area contributed by atoms with E-state index >= 15 is 0 Å². The summed E-state index contributed by atoms with van der Waals surface area (Å²) in [5.74, 6) is -0.299. The Morgan fingerprint density at radius 3 is 2.50 bits per heavy atom. The molecule has 2 heterocycles. The van der Waals surface area contributed by atoms with Crippen LogP contribution in [-0.2, 0) is 4.79 Å². The van der Waals surface area contributed by atoms with Crippen LogP contribution in [0.25, 0.3) is 10.9 Å². The van der Waals surface area contributed by atoms with Crippen LogP contribution in [0.3, 0.4) is 0 Å². The molecule has 0 atom stereocenters. The fourth-order valence-electron chi connectivity index (χ4n) is 4.68. The predicted molar refractivity (Wildman–Crippen MR) is 143 cm³/mol. The van der Waals surface area contributed by atoms with Gasteiger partial charge >= 0.3 is 0 Å². The summed E-state index contributed by atoms with van der Waals surface area (Å²) < 4.78 is 0. The van der Waals surface area contributed by atoms with E-state index < -0.39 is 5.91 Å². The van der Waals surface area contributed by atoms with E-state index in [9.17, 15) is 14.4 Å². The molecule has 2 saturated carbocycles. The molecule has 0 radical (unpaired) electrons. The number of nitrogens with one attached hydrogen (secondary N) is 4. The van der Waals surface area contributed by atoms with Gasteiger partial charge in [-0.15, -0.1) is 11.3 Å². The minimum absolute atomic E-state index is 0.0218. The van der Waals surface area contributed by atoms with Crippen LogP contribution >= 0.6 is 11.3 Å². The standard InChI is InChI=1S/C26H32N6O3S/c1-26(11-5-4-6-12-26)24(35)28-16-9-10-17-18(13-16)29-21(20(17)23(34)27-15-7-8-15)31-22(33)19-14-36-25(30-19)32(2)3/h9-10,13-15,29H,4-8,11-12H2,1-3H3,(H,27,34)(H,28,35)(H,31,33). The van der Waals surface area contributed by atoms with E-state index in [2.05, 4.69) is 25.9 Å². The van der Waals surface area contributed by atoms with Crippen molar-refractivity contribution >= 4 is 56.6 Å². The number of fused-ring (bicyclic) bond motifs is 1. The topological polar surface area (TPSA) is 119 Å². The van der Waals surface area contributed by atoms with Crippen molar-refractivity contribution in [2.45, 2.75) is 57.9 Å². The Kier molecular flexibility index (Phi) is 6.46. The lowest BCUT2D eigenvalue weighted by Crippen LogP contribution is -2.35. The van der Waals surface area contributed by atoms with E-state index in [1.807, 2.05) is 44.1 Å². The molecule has 3 aromatic rings. The zero-order valence-electron chi connectivity index (χ0n) is 20.9. The van der Waals surface area contributed by atoms with Gasteiger partial charge in [-0.25, -0.2) is 4.98 Å². The number of hydrogen-bond donors (Lipinski definition) is 4. The molecule has 190 valence electrons. The van der Waals surface area contributed by atoms with Gasteiger partial charge in [0.15, 0.2) is 5.13 Å². The zero-order valence-corrected chi connectivity index (χ0v) is 21.7. The molecule has 9 nitrogen and oxygen atoms in total. The Labute approximate surface area is 214 Å². The smallest absolute Gasteiger partial charge is 0.276 e. The maximum absolute atomic E-state index is 13.1. The monoisotopic (exact) mass is 508 g/mol. The van der Waals surface area contributed by atoms with Crippen molar-refractivity contribution < 1.29 is 14.4 Å². The molecule has 3 amide bonds. The van der Waals surface area contributed by atoms with Crippen LogP contribution in [0.5, 0.6) is 0 Å². The van der Waals surface area contributed by atoms with E-state index in [4.69, 9.17) is 0 Å². The molecule has 36 heavy (non-hydrogen) atoms. The minimum atomic E-state index is -0.398. The first-order chi connectivity index (χ1) is 17.2. The number of aromatic nitrogens is 2. The predicted octanol–water partition coefficient (Wildman–Crippen LogP) is 4.74. The number of rotatable bonds is 7. The van der Waals surface area contributed by atoms with Gasteiger partial charge in [-0.1, -0.05) is 26.2 Å². The lowest BCUT2D eigenvalue weighted by Gasteiger charge is -2.32. The molecule has 2 aromatic heterocycles. The van der Waals surface area contributed by atoms with E-state index in [0.29, 0.717) is 28.0 Å². The Morgan fingerprint density at radius 1 is 1.08 bits per heavy atom. The molecular weight excluding hydrogens is 476 g/mol. The number of carbonyl (C=O) groups excluding carboxylic acids is 3. The summed E-state index contributed by atoms with van der Waals surface area (Å²) in [7, 11) is 3.73. The number of nitrogens with zero attached hydrogens (tertiary/aromatic N) is 2. The number of hydrogen-bond acceptors (Lipinski definition) is 6. The van der Waals surface area contributed by atoms with Gasteiger partial charge in [-0.05, 0) is 43.9 Å². The molecule has 0 unspecified atom stereocenters. The Morgan fingerprint density at radius 2 is 1.83 bits per heavy atom. The van der Waals surface area contributed by atoms with Crippen LogP contribution in [0.15, 0.2) is 23.6 Å². The summed E-state index contributed by atoms with van der Waals surface area (Å²) >= 11 is 1.37. The second-order valence-corrected chi connectivity index (χ2v) is 11.2. The Hall–Kier alpha value is -3.40. The molecular formula is C26H32N6O3S.